The van der Waals surface area contributed by atoms with E-state index in [9.17, 15) is 4.79 Å². The molecule has 0 aliphatic carbocycles. The molecular weight excluding hydrogens is 225 g/mol. The zero-order valence-corrected chi connectivity index (χ0v) is 8.90. The third kappa shape index (κ3) is 2.35. The third-order valence-corrected chi connectivity index (χ3v) is 1.95. The zero-order valence-electron chi connectivity index (χ0n) is 7.27. The van der Waals surface area contributed by atoms with Crippen molar-refractivity contribution in [2.75, 3.05) is 5.32 Å². The van der Waals surface area contributed by atoms with Crippen molar-refractivity contribution >= 4 is 36.4 Å². The number of nitrogens with zero attached hydrogens (tertiary/aromatic N) is 1. The molecule has 4 nitrogen and oxygen atoms in total. The van der Waals surface area contributed by atoms with E-state index in [0.717, 1.165) is 11.3 Å². The Bertz CT molecular complexity index is 332. The van der Waals surface area contributed by atoms with Gasteiger partial charge in [0.2, 0.25) is 5.91 Å². The van der Waals surface area contributed by atoms with E-state index >= 15 is 0 Å². The fourth-order valence-corrected chi connectivity index (χ4v) is 1.27. The van der Waals surface area contributed by atoms with Crippen LogP contribution in [-0.2, 0) is 11.2 Å². The smallest absolute Gasteiger partial charge is 0.241 e. The summed E-state index contributed by atoms with van der Waals surface area (Å²) in [4.78, 5) is 15.0. The summed E-state index contributed by atoms with van der Waals surface area (Å²) in [6.45, 7) is 0. The predicted octanol–water partition coefficient (Wildman–Crippen LogP) is 0.747. The lowest BCUT2D eigenvalue weighted by Crippen LogP contribution is -2.41. The van der Waals surface area contributed by atoms with Gasteiger partial charge in [-0.3, -0.25) is 9.78 Å². The van der Waals surface area contributed by atoms with Crippen LogP contribution in [-0.4, -0.2) is 16.9 Å². The van der Waals surface area contributed by atoms with Gasteiger partial charge < -0.3 is 11.1 Å². The Hall–Kier alpha value is -0.840. The lowest BCUT2D eigenvalue weighted by molar-refractivity contribution is -0.117. The maximum absolute atomic E-state index is 11.1. The average molecular weight is 236 g/mol. The fourth-order valence-electron chi connectivity index (χ4n) is 1.27. The van der Waals surface area contributed by atoms with Gasteiger partial charge in [0.1, 0.15) is 0 Å². The topological polar surface area (TPSA) is 68.0 Å². The van der Waals surface area contributed by atoms with Gasteiger partial charge in [-0.05, 0) is 18.1 Å². The summed E-state index contributed by atoms with van der Waals surface area (Å²) in [6.07, 6.45) is 3.94. The first-order chi connectivity index (χ1) is 5.77. The highest BCUT2D eigenvalue weighted by atomic mass is 35.5. The fraction of sp³-hybridized carbons (Fsp3) is 0.250. The van der Waals surface area contributed by atoms with E-state index in [0.29, 0.717) is 6.42 Å². The van der Waals surface area contributed by atoms with Crippen LogP contribution in [0, 0.1) is 0 Å². The number of amides is 1. The van der Waals surface area contributed by atoms with Gasteiger partial charge in [0.25, 0.3) is 0 Å². The highest BCUT2D eigenvalue weighted by Crippen LogP contribution is 2.19. The van der Waals surface area contributed by atoms with Crippen LogP contribution in [0.15, 0.2) is 18.5 Å². The number of pyridine rings is 1. The van der Waals surface area contributed by atoms with E-state index in [1.54, 1.807) is 12.4 Å². The molecule has 1 aromatic rings. The number of hydrogen-bond acceptors (Lipinski definition) is 3. The molecule has 78 valence electrons. The van der Waals surface area contributed by atoms with E-state index in [4.69, 9.17) is 5.73 Å². The van der Waals surface area contributed by atoms with Crippen LogP contribution in [0.3, 0.4) is 0 Å². The van der Waals surface area contributed by atoms with Gasteiger partial charge in [0, 0.05) is 6.20 Å². The summed E-state index contributed by atoms with van der Waals surface area (Å²) in [5.41, 5.74) is 7.40. The second-order valence-corrected chi connectivity index (χ2v) is 2.83. The molecule has 0 radical (unpaired) electrons. The summed E-state index contributed by atoms with van der Waals surface area (Å²) in [7, 11) is 0. The minimum atomic E-state index is -0.417. The first-order valence-electron chi connectivity index (χ1n) is 3.77. The maximum atomic E-state index is 11.1. The van der Waals surface area contributed by atoms with Crippen LogP contribution in [0.25, 0.3) is 0 Å². The number of carbonyl (C=O) groups excluding carboxylic acids is 1. The van der Waals surface area contributed by atoms with Gasteiger partial charge in [-0.1, -0.05) is 0 Å². The van der Waals surface area contributed by atoms with Crippen molar-refractivity contribution in [3.63, 3.8) is 0 Å². The van der Waals surface area contributed by atoms with Gasteiger partial charge in [-0.2, -0.15) is 0 Å². The molecule has 2 heterocycles. The van der Waals surface area contributed by atoms with E-state index in [1.165, 1.54) is 0 Å². The molecule has 0 aromatic carbocycles. The molecule has 0 saturated carbocycles. The molecule has 1 aromatic heterocycles. The second kappa shape index (κ2) is 5.14. The molecule has 0 fully saturated rings. The number of rotatable bonds is 0. The first-order valence-corrected chi connectivity index (χ1v) is 3.77. The number of halogens is 2. The number of carbonyl (C=O) groups is 1. The number of nitrogens with one attached hydrogen (secondary N) is 1. The molecule has 3 N–H and O–H groups in total. The van der Waals surface area contributed by atoms with Crippen molar-refractivity contribution in [1.29, 1.82) is 0 Å². The lowest BCUT2D eigenvalue weighted by Gasteiger charge is -2.20. The number of fused-ring (bicyclic) bond motifs is 1. The van der Waals surface area contributed by atoms with Gasteiger partial charge in [0.05, 0.1) is 17.9 Å². The van der Waals surface area contributed by atoms with E-state index < -0.39 is 6.04 Å². The van der Waals surface area contributed by atoms with Crippen LogP contribution in [0.4, 0.5) is 5.69 Å². The number of hydrogen-bond donors (Lipinski definition) is 2. The number of nitrogens with two attached hydrogens (primary N) is 1. The molecule has 6 heteroatoms. The number of anilines is 1. The molecule has 2 rings (SSSR count). The summed E-state index contributed by atoms with van der Waals surface area (Å²) >= 11 is 0. The Morgan fingerprint density at radius 1 is 1.50 bits per heavy atom. The Labute approximate surface area is 94.1 Å². The molecule has 1 aliphatic rings. The van der Waals surface area contributed by atoms with Gasteiger partial charge in [0.15, 0.2) is 0 Å². The van der Waals surface area contributed by atoms with Crippen molar-refractivity contribution in [3.8, 4) is 0 Å². The van der Waals surface area contributed by atoms with E-state index in [1.807, 2.05) is 6.07 Å². The largest absolute Gasteiger partial charge is 0.323 e. The normalized spacial score (nSPS) is 18.4. The zero-order chi connectivity index (χ0) is 8.55. The molecule has 1 aliphatic heterocycles. The molecule has 0 spiro atoms. The van der Waals surface area contributed by atoms with Crippen molar-refractivity contribution in [1.82, 2.24) is 4.98 Å². The van der Waals surface area contributed by atoms with Crippen LogP contribution in [0.1, 0.15) is 5.56 Å². The number of aromatic nitrogens is 1. The monoisotopic (exact) mass is 235 g/mol. The standard InChI is InChI=1S/C8H9N3O.2ClH/c9-6-3-5-1-2-10-4-7(5)11-8(6)12;;/h1-2,4,6H,3,9H2,(H,11,12);2*1H. The highest BCUT2D eigenvalue weighted by Gasteiger charge is 2.21. The molecule has 1 amide bonds. The van der Waals surface area contributed by atoms with Crippen molar-refractivity contribution in [3.05, 3.63) is 24.0 Å². The van der Waals surface area contributed by atoms with Crippen molar-refractivity contribution in [2.45, 2.75) is 12.5 Å². The van der Waals surface area contributed by atoms with Gasteiger partial charge >= 0.3 is 0 Å². The molecule has 1 unspecified atom stereocenters. The van der Waals surface area contributed by atoms with E-state index in [2.05, 4.69) is 10.3 Å². The first kappa shape index (κ1) is 13.2. The SMILES string of the molecule is Cl.Cl.NC1Cc2ccncc2NC1=O. The predicted molar refractivity (Wildman–Crippen MR) is 59.0 cm³/mol. The van der Waals surface area contributed by atoms with Crippen LogP contribution < -0.4 is 11.1 Å². The summed E-state index contributed by atoms with van der Waals surface area (Å²) in [6, 6.07) is 1.45. The summed E-state index contributed by atoms with van der Waals surface area (Å²) in [5, 5.41) is 2.68. The quantitative estimate of drug-likeness (QED) is 0.698. The Morgan fingerprint density at radius 2 is 2.21 bits per heavy atom. The molecule has 1 atom stereocenters. The van der Waals surface area contributed by atoms with Gasteiger partial charge in [-0.15, -0.1) is 24.8 Å². The lowest BCUT2D eigenvalue weighted by atomic mass is 10.0. The highest BCUT2D eigenvalue weighted by molar-refractivity contribution is 5.97. The van der Waals surface area contributed by atoms with Crippen molar-refractivity contribution < 1.29 is 4.79 Å². The van der Waals surface area contributed by atoms with Gasteiger partial charge in [-0.25, -0.2) is 0 Å². The molecular formula is C8H11Cl2N3O. The molecule has 14 heavy (non-hydrogen) atoms. The second-order valence-electron chi connectivity index (χ2n) is 2.83. The Balaban J connectivity index is 0.000000845. The minimum absolute atomic E-state index is 0. The van der Waals surface area contributed by atoms with Crippen LogP contribution >= 0.6 is 24.8 Å². The third-order valence-electron chi connectivity index (χ3n) is 1.95. The average Bonchev–Trinajstić information content (AvgIpc) is 2.07. The molecule has 0 bridgehead atoms. The Kier molecular flexibility index (Phi) is 4.83. The minimum Gasteiger partial charge on any atom is -0.323 e. The van der Waals surface area contributed by atoms with Crippen LogP contribution in [0.2, 0.25) is 0 Å². The molecule has 0 saturated heterocycles. The summed E-state index contributed by atoms with van der Waals surface area (Å²) < 4.78 is 0. The van der Waals surface area contributed by atoms with E-state index in [-0.39, 0.29) is 30.7 Å². The Morgan fingerprint density at radius 3 is 2.93 bits per heavy atom. The summed E-state index contributed by atoms with van der Waals surface area (Å²) in [5.74, 6) is -0.129. The van der Waals surface area contributed by atoms with Crippen LogP contribution in [0.5, 0.6) is 0 Å². The maximum Gasteiger partial charge on any atom is 0.241 e. The van der Waals surface area contributed by atoms with Crippen molar-refractivity contribution in [2.24, 2.45) is 5.73 Å².